The molecule has 0 aromatic heterocycles. The van der Waals surface area contributed by atoms with Crippen LogP contribution < -0.4 is 9.47 Å². The van der Waals surface area contributed by atoms with Crippen LogP contribution in [0.5, 0.6) is 11.5 Å². The van der Waals surface area contributed by atoms with E-state index in [0.717, 1.165) is 33.5 Å². The molecule has 3 rings (SSSR count). The van der Waals surface area contributed by atoms with Crippen LogP contribution in [-0.4, -0.2) is 43.1 Å². The zero-order valence-electron chi connectivity index (χ0n) is 20.4. The summed E-state index contributed by atoms with van der Waals surface area (Å²) in [5, 5.41) is 0.825. The fourth-order valence-corrected chi connectivity index (χ4v) is 4.11. The first-order chi connectivity index (χ1) is 16.6. The molecule has 0 bridgehead atoms. The molecule has 0 aliphatic carbocycles. The maximum absolute atomic E-state index is 12.3. The largest absolute Gasteiger partial charge is 0.497 e. The van der Waals surface area contributed by atoms with Crippen molar-refractivity contribution in [3.8, 4) is 11.5 Å². The average molecular weight is 607 g/mol. The van der Waals surface area contributed by atoms with Crippen molar-refractivity contribution >= 4 is 52.6 Å². The zero-order chi connectivity index (χ0) is 24.3. The molecule has 0 aliphatic rings. The molecule has 6 nitrogen and oxygen atoms in total. The molecule has 0 saturated carbocycles. The number of hydrogen-bond donors (Lipinski definition) is 0. The topological polar surface area (TPSA) is 60.4 Å². The average Bonchev–Trinajstić information content (AvgIpc) is 2.88. The van der Waals surface area contributed by atoms with Crippen LogP contribution in [0.2, 0.25) is 0 Å². The predicted octanol–water partition coefficient (Wildman–Crippen LogP) is 6.55. The van der Waals surface area contributed by atoms with Crippen LogP contribution in [0.15, 0.2) is 77.8 Å². The molecular weight excluding hydrogens is 575 g/mol. The third-order valence-electron chi connectivity index (χ3n) is 5.13. The Labute approximate surface area is 228 Å². The Kier molecular flexibility index (Phi) is 11.9. The van der Waals surface area contributed by atoms with Crippen molar-refractivity contribution in [1.29, 1.82) is 0 Å². The fourth-order valence-electron chi connectivity index (χ4n) is 3.37. The number of aliphatic imine (C=N–C) groups is 1. The minimum absolute atomic E-state index is 0. The summed E-state index contributed by atoms with van der Waals surface area (Å²) in [6, 6.07) is 23.3. The van der Waals surface area contributed by atoms with E-state index in [1.54, 1.807) is 32.0 Å². The zero-order valence-corrected chi connectivity index (χ0v) is 23.5. The molecule has 0 atom stereocenters. The number of para-hydroxylation sites is 1. The maximum Gasteiger partial charge on any atom is 0.340 e. The monoisotopic (exact) mass is 606 g/mol. The normalized spacial score (nSPS) is 10.8. The van der Waals surface area contributed by atoms with E-state index in [9.17, 15) is 4.79 Å². The molecule has 186 valence electrons. The lowest BCUT2D eigenvalue weighted by atomic mass is 10.1. The Morgan fingerprint density at radius 1 is 0.829 bits per heavy atom. The van der Waals surface area contributed by atoms with E-state index in [0.29, 0.717) is 24.3 Å². The van der Waals surface area contributed by atoms with Crippen LogP contribution in [0.25, 0.3) is 0 Å². The Hall–Kier alpha value is -2.72. The first-order valence-electron chi connectivity index (χ1n) is 11.0. The smallest absolute Gasteiger partial charge is 0.340 e. The highest BCUT2D eigenvalue weighted by molar-refractivity contribution is 14.0. The number of methoxy groups -OCH3 is 3. The van der Waals surface area contributed by atoms with Gasteiger partial charge < -0.3 is 19.1 Å². The van der Waals surface area contributed by atoms with Crippen LogP contribution in [-0.2, 0) is 17.8 Å². The molecule has 0 aliphatic heterocycles. The predicted molar refractivity (Wildman–Crippen MR) is 154 cm³/mol. The van der Waals surface area contributed by atoms with Crippen molar-refractivity contribution < 1.29 is 19.0 Å². The number of amidine groups is 1. The third kappa shape index (κ3) is 8.17. The Morgan fingerprint density at radius 2 is 1.34 bits per heavy atom. The lowest BCUT2D eigenvalue weighted by Crippen LogP contribution is -2.28. The second-order valence-corrected chi connectivity index (χ2v) is 8.62. The summed E-state index contributed by atoms with van der Waals surface area (Å²) in [5.41, 5.74) is 3.27. The third-order valence-corrected chi connectivity index (χ3v) is 6.03. The number of carbonyl (C=O) groups excluding carboxylic acids is 1. The minimum Gasteiger partial charge on any atom is -0.497 e. The van der Waals surface area contributed by atoms with Gasteiger partial charge in [-0.3, -0.25) is 0 Å². The lowest BCUT2D eigenvalue weighted by molar-refractivity contribution is 0.0601. The van der Waals surface area contributed by atoms with Gasteiger partial charge >= 0.3 is 5.97 Å². The number of esters is 1. The summed E-state index contributed by atoms with van der Waals surface area (Å²) in [5.74, 6) is 2.06. The van der Waals surface area contributed by atoms with E-state index >= 15 is 0 Å². The number of nitrogens with zero attached hydrogens (tertiary/aromatic N) is 2. The number of benzene rings is 3. The fraction of sp³-hybridized carbons (Fsp3) is 0.259. The molecule has 0 N–H and O–H groups in total. The molecule has 3 aromatic carbocycles. The summed E-state index contributed by atoms with van der Waals surface area (Å²) < 4.78 is 15.6. The SMILES string of the molecule is CCSC(=Nc1ccccc1C(=O)OC)N(Cc1ccc(OC)cc1)Cc1ccc(OC)cc1.I. The molecule has 0 amide bonds. The highest BCUT2D eigenvalue weighted by Crippen LogP contribution is 2.26. The van der Waals surface area contributed by atoms with E-state index in [-0.39, 0.29) is 24.0 Å². The summed E-state index contributed by atoms with van der Waals surface area (Å²) in [7, 11) is 4.70. The van der Waals surface area contributed by atoms with Crippen LogP contribution >= 0.6 is 35.7 Å². The molecule has 3 aromatic rings. The molecule has 35 heavy (non-hydrogen) atoms. The van der Waals surface area contributed by atoms with Crippen LogP contribution in [0.4, 0.5) is 5.69 Å². The van der Waals surface area contributed by atoms with Crippen molar-refractivity contribution in [2.75, 3.05) is 27.1 Å². The molecule has 0 saturated heterocycles. The first-order valence-corrected chi connectivity index (χ1v) is 12.0. The van der Waals surface area contributed by atoms with Crippen molar-refractivity contribution in [3.63, 3.8) is 0 Å². The Balaban J connectivity index is 0.00000432. The number of thioether (sulfide) groups is 1. The molecule has 0 spiro atoms. The van der Waals surface area contributed by atoms with Crippen molar-refractivity contribution in [2.45, 2.75) is 20.0 Å². The molecule has 0 unspecified atom stereocenters. The Morgan fingerprint density at radius 3 is 1.80 bits per heavy atom. The summed E-state index contributed by atoms with van der Waals surface area (Å²) in [6.07, 6.45) is 0. The van der Waals surface area contributed by atoms with Gasteiger partial charge in [-0.15, -0.1) is 24.0 Å². The first kappa shape index (κ1) is 28.5. The number of halogens is 1. The van der Waals surface area contributed by atoms with Gasteiger partial charge in [0, 0.05) is 13.1 Å². The van der Waals surface area contributed by atoms with E-state index in [4.69, 9.17) is 19.2 Å². The molecule has 0 heterocycles. The summed E-state index contributed by atoms with van der Waals surface area (Å²) >= 11 is 1.64. The van der Waals surface area contributed by atoms with Crippen molar-refractivity contribution in [1.82, 2.24) is 4.90 Å². The Bertz CT molecular complexity index is 1060. The number of ether oxygens (including phenoxy) is 3. The number of rotatable bonds is 9. The van der Waals surface area contributed by atoms with Crippen LogP contribution in [0.1, 0.15) is 28.4 Å². The van der Waals surface area contributed by atoms with Gasteiger partial charge in [0.2, 0.25) is 0 Å². The molecule has 8 heteroatoms. The van der Waals surface area contributed by atoms with Crippen molar-refractivity contribution in [3.05, 3.63) is 89.5 Å². The molecular formula is C27H31IN2O4S. The van der Waals surface area contributed by atoms with Gasteiger partial charge in [-0.25, -0.2) is 9.79 Å². The van der Waals surface area contributed by atoms with E-state index in [2.05, 4.69) is 36.1 Å². The summed E-state index contributed by atoms with van der Waals surface area (Å²) in [6.45, 7) is 3.37. The minimum atomic E-state index is -0.406. The van der Waals surface area contributed by atoms with Crippen molar-refractivity contribution in [2.24, 2.45) is 4.99 Å². The molecule has 0 radical (unpaired) electrons. The molecule has 0 fully saturated rings. The van der Waals surface area contributed by atoms with E-state index in [1.807, 2.05) is 42.5 Å². The van der Waals surface area contributed by atoms with E-state index in [1.165, 1.54) is 7.11 Å². The van der Waals surface area contributed by atoms with Gasteiger partial charge in [-0.05, 0) is 53.3 Å². The van der Waals surface area contributed by atoms with Gasteiger partial charge in [0.15, 0.2) is 5.17 Å². The second-order valence-electron chi connectivity index (χ2n) is 7.39. The highest BCUT2D eigenvalue weighted by atomic mass is 127. The second kappa shape index (κ2) is 14.6. The van der Waals surface area contributed by atoms with Crippen LogP contribution in [0, 0.1) is 0 Å². The van der Waals surface area contributed by atoms with Gasteiger partial charge in [0.05, 0.1) is 32.6 Å². The van der Waals surface area contributed by atoms with Crippen LogP contribution in [0.3, 0.4) is 0 Å². The lowest BCUT2D eigenvalue weighted by Gasteiger charge is -2.26. The van der Waals surface area contributed by atoms with Gasteiger partial charge in [-0.2, -0.15) is 0 Å². The number of carbonyl (C=O) groups is 1. The van der Waals surface area contributed by atoms with Gasteiger partial charge in [0.25, 0.3) is 0 Å². The quantitative estimate of drug-likeness (QED) is 0.119. The maximum atomic E-state index is 12.3. The highest BCUT2D eigenvalue weighted by Gasteiger charge is 2.17. The standard InChI is InChI=1S/C27H30N2O4S.HI/c1-5-34-27(28-25-9-7-6-8-24(25)26(30)33-4)29(18-20-10-14-22(31-2)15-11-20)19-21-12-16-23(32-3)17-13-21;/h6-17H,5,18-19H2,1-4H3;1H. The van der Waals surface area contributed by atoms with E-state index < -0.39 is 5.97 Å². The van der Waals surface area contributed by atoms with Gasteiger partial charge in [0.1, 0.15) is 11.5 Å². The van der Waals surface area contributed by atoms with Gasteiger partial charge in [-0.1, -0.05) is 55.1 Å². The summed E-state index contributed by atoms with van der Waals surface area (Å²) in [4.78, 5) is 19.5. The number of hydrogen-bond acceptors (Lipinski definition) is 6.